The van der Waals surface area contributed by atoms with Crippen molar-refractivity contribution in [3.8, 4) is 0 Å². The van der Waals surface area contributed by atoms with Crippen molar-refractivity contribution in [1.82, 2.24) is 4.31 Å². The number of imide groups is 1. The van der Waals surface area contributed by atoms with Gasteiger partial charge in [0.25, 0.3) is 5.91 Å². The number of carbonyl (C=O) groups is 2. The van der Waals surface area contributed by atoms with Gasteiger partial charge in [-0.25, -0.2) is 26.9 Å². The lowest BCUT2D eigenvalue weighted by Crippen LogP contribution is -2.46. The third-order valence-electron chi connectivity index (χ3n) is 6.06. The van der Waals surface area contributed by atoms with E-state index >= 15 is 0 Å². The molecule has 2 amide bonds. The van der Waals surface area contributed by atoms with E-state index in [1.54, 1.807) is 36.4 Å². The lowest BCUT2D eigenvalue weighted by molar-refractivity contribution is -0.122. The highest BCUT2D eigenvalue weighted by molar-refractivity contribution is 9.10. The zero-order valence-corrected chi connectivity index (χ0v) is 23.0. The minimum absolute atomic E-state index is 0.0192. The maximum atomic E-state index is 13.7. The Kier molecular flexibility index (Phi) is 7.67. The number of halogens is 1. The molecule has 0 radical (unpaired) electrons. The lowest BCUT2D eigenvalue weighted by atomic mass is 10.1. The van der Waals surface area contributed by atoms with Gasteiger partial charge in [-0.05, 0) is 67.4 Å². The number of nitrogens with zero attached hydrogens (tertiary/aromatic N) is 2. The molecule has 0 spiro atoms. The van der Waals surface area contributed by atoms with E-state index in [2.05, 4.69) is 15.9 Å². The molecule has 9 nitrogen and oxygen atoms in total. The molecule has 194 valence electrons. The smallest absolute Gasteiger partial charge is 0.252 e. The van der Waals surface area contributed by atoms with Crippen LogP contribution in [-0.4, -0.2) is 45.5 Å². The summed E-state index contributed by atoms with van der Waals surface area (Å²) in [5, 5.41) is 5.15. The molecule has 0 bridgehead atoms. The quantitative estimate of drug-likeness (QED) is 0.392. The molecule has 1 heterocycles. The second kappa shape index (κ2) is 10.5. The van der Waals surface area contributed by atoms with Crippen LogP contribution in [0.4, 0.5) is 5.69 Å². The zero-order chi connectivity index (χ0) is 27.0. The molecule has 1 atom stereocenters. The van der Waals surface area contributed by atoms with E-state index in [0.29, 0.717) is 15.7 Å². The molecule has 37 heavy (non-hydrogen) atoms. The average Bonchev–Trinajstić information content (AvgIpc) is 3.13. The van der Waals surface area contributed by atoms with Crippen molar-refractivity contribution in [3.05, 3.63) is 88.4 Å². The number of sulfonamides is 2. The first kappa shape index (κ1) is 27.1. The van der Waals surface area contributed by atoms with Gasteiger partial charge in [-0.15, -0.1) is 0 Å². The first-order chi connectivity index (χ1) is 17.4. The van der Waals surface area contributed by atoms with Crippen LogP contribution in [0.5, 0.6) is 0 Å². The molecule has 1 unspecified atom stereocenters. The number of primary sulfonamides is 1. The minimum atomic E-state index is -4.17. The number of nitrogens with two attached hydrogens (primary N) is 1. The Labute approximate surface area is 224 Å². The molecule has 1 aliphatic heterocycles. The van der Waals surface area contributed by atoms with E-state index in [4.69, 9.17) is 5.14 Å². The fourth-order valence-electron chi connectivity index (χ4n) is 4.08. The summed E-state index contributed by atoms with van der Waals surface area (Å²) in [5.74, 6) is -1.12. The number of aryl methyl sites for hydroxylation is 1. The molecule has 0 aromatic heterocycles. The predicted molar refractivity (Wildman–Crippen MR) is 142 cm³/mol. The largest absolute Gasteiger partial charge is 0.274 e. The van der Waals surface area contributed by atoms with Gasteiger partial charge in [0.15, 0.2) is 0 Å². The minimum Gasteiger partial charge on any atom is -0.274 e. The Balaban J connectivity index is 1.67. The number of rotatable bonds is 8. The molecule has 0 saturated carbocycles. The second-order valence-electron chi connectivity index (χ2n) is 8.63. The molecule has 3 aromatic carbocycles. The first-order valence-corrected chi connectivity index (χ1v) is 15.0. The van der Waals surface area contributed by atoms with Crippen LogP contribution in [0.3, 0.4) is 0 Å². The molecule has 1 fully saturated rings. The molecule has 2 N–H and O–H groups in total. The summed E-state index contributed by atoms with van der Waals surface area (Å²) in [7, 11) is -8.05. The van der Waals surface area contributed by atoms with Gasteiger partial charge in [0.05, 0.1) is 21.9 Å². The number of carbonyl (C=O) groups excluding carboxylic acids is 2. The Morgan fingerprint density at radius 3 is 2.03 bits per heavy atom. The van der Waals surface area contributed by atoms with E-state index in [0.717, 1.165) is 14.8 Å². The van der Waals surface area contributed by atoms with Crippen LogP contribution in [0.2, 0.25) is 0 Å². The normalized spacial score (nSPS) is 16.5. The second-order valence-corrected chi connectivity index (χ2v) is 13.0. The Morgan fingerprint density at radius 2 is 1.46 bits per heavy atom. The molecular weight excluding hydrogens is 582 g/mol. The zero-order valence-electron chi connectivity index (χ0n) is 19.7. The fraction of sp³-hybridized carbons (Fsp3) is 0.200. The van der Waals surface area contributed by atoms with Crippen LogP contribution in [0, 0.1) is 6.92 Å². The van der Waals surface area contributed by atoms with Crippen LogP contribution in [0.15, 0.2) is 87.1 Å². The van der Waals surface area contributed by atoms with Crippen molar-refractivity contribution in [1.29, 1.82) is 0 Å². The highest BCUT2D eigenvalue weighted by Crippen LogP contribution is 2.30. The topological polar surface area (TPSA) is 135 Å². The van der Waals surface area contributed by atoms with Crippen molar-refractivity contribution >= 4 is 53.5 Å². The van der Waals surface area contributed by atoms with E-state index in [9.17, 15) is 26.4 Å². The summed E-state index contributed by atoms with van der Waals surface area (Å²) in [6.07, 6.45) is -0.129. The predicted octanol–water partition coefficient (Wildman–Crippen LogP) is 2.97. The molecule has 4 rings (SSSR count). The third kappa shape index (κ3) is 5.83. The summed E-state index contributed by atoms with van der Waals surface area (Å²) in [4.78, 5) is 27.3. The van der Waals surface area contributed by atoms with Crippen molar-refractivity contribution in [2.45, 2.75) is 35.6 Å². The molecule has 12 heteroatoms. The maximum Gasteiger partial charge on any atom is 0.252 e. The summed E-state index contributed by atoms with van der Waals surface area (Å²) in [6, 6.07) is 17.3. The van der Waals surface area contributed by atoms with Gasteiger partial charge < -0.3 is 0 Å². The number of benzene rings is 3. The van der Waals surface area contributed by atoms with Gasteiger partial charge in [0, 0.05) is 11.0 Å². The lowest BCUT2D eigenvalue weighted by Gasteiger charge is -2.27. The van der Waals surface area contributed by atoms with E-state index in [1.165, 1.54) is 36.4 Å². The van der Waals surface area contributed by atoms with Crippen molar-refractivity contribution in [2.75, 3.05) is 11.4 Å². The fourth-order valence-corrected chi connectivity index (χ4v) is 6.44. The Hall–Kier alpha value is -2.90. The monoisotopic (exact) mass is 605 g/mol. The van der Waals surface area contributed by atoms with Gasteiger partial charge in [-0.2, -0.15) is 4.31 Å². The van der Waals surface area contributed by atoms with E-state index in [-0.39, 0.29) is 29.2 Å². The third-order valence-corrected chi connectivity index (χ3v) is 9.44. The molecule has 3 aromatic rings. The van der Waals surface area contributed by atoms with Crippen LogP contribution in [0.1, 0.15) is 17.5 Å². The average molecular weight is 607 g/mol. The van der Waals surface area contributed by atoms with E-state index in [1.807, 2.05) is 6.92 Å². The van der Waals surface area contributed by atoms with Crippen LogP contribution in [-0.2, 0) is 36.1 Å². The number of hydrogen-bond donors (Lipinski definition) is 1. The number of amides is 2. The Morgan fingerprint density at radius 1 is 0.892 bits per heavy atom. The summed E-state index contributed by atoms with van der Waals surface area (Å²) in [5.41, 5.74) is 1.96. The number of hydrogen-bond acceptors (Lipinski definition) is 6. The van der Waals surface area contributed by atoms with Crippen molar-refractivity contribution in [2.24, 2.45) is 5.14 Å². The van der Waals surface area contributed by atoms with Crippen LogP contribution < -0.4 is 10.0 Å². The van der Waals surface area contributed by atoms with Crippen LogP contribution >= 0.6 is 15.9 Å². The van der Waals surface area contributed by atoms with Crippen molar-refractivity contribution < 1.29 is 26.4 Å². The van der Waals surface area contributed by atoms with Gasteiger partial charge in [-0.3, -0.25) is 9.59 Å². The summed E-state index contributed by atoms with van der Waals surface area (Å²) >= 11 is 3.29. The first-order valence-electron chi connectivity index (χ1n) is 11.2. The number of anilines is 1. The molecule has 1 aliphatic rings. The van der Waals surface area contributed by atoms with Gasteiger partial charge in [0.1, 0.15) is 6.04 Å². The molecule has 0 aliphatic carbocycles. The summed E-state index contributed by atoms with van der Waals surface area (Å²) in [6.45, 7) is 1.76. The SMILES string of the molecule is Cc1ccc(N2C(=O)CC(N(CCc3ccc(S(N)(=O)=O)cc3)S(=O)(=O)c3ccc(Br)cc3)C2=O)cc1. The van der Waals surface area contributed by atoms with E-state index < -0.39 is 37.9 Å². The standard InChI is InChI=1S/C25H24BrN3O6S2/c1-17-2-8-20(9-3-17)29-24(30)16-23(25(29)31)28(37(34,35)22-12-6-19(26)7-13-22)15-14-18-4-10-21(11-5-18)36(27,32)33/h2-13,23H,14-16H2,1H3,(H2,27,32,33). The van der Waals surface area contributed by atoms with Crippen LogP contribution in [0.25, 0.3) is 0 Å². The maximum absolute atomic E-state index is 13.7. The van der Waals surface area contributed by atoms with Gasteiger partial charge in [-0.1, -0.05) is 45.8 Å². The van der Waals surface area contributed by atoms with Gasteiger partial charge in [0.2, 0.25) is 26.0 Å². The highest BCUT2D eigenvalue weighted by atomic mass is 79.9. The van der Waals surface area contributed by atoms with Crippen molar-refractivity contribution in [3.63, 3.8) is 0 Å². The summed E-state index contributed by atoms with van der Waals surface area (Å²) < 4.78 is 52.2. The highest BCUT2D eigenvalue weighted by Gasteiger charge is 2.46. The van der Waals surface area contributed by atoms with Gasteiger partial charge >= 0.3 is 0 Å². The Bertz CT molecular complexity index is 1540. The molecular formula is C25H24BrN3O6S2. The molecule has 1 saturated heterocycles.